The predicted octanol–water partition coefficient (Wildman–Crippen LogP) is 4.88. The van der Waals surface area contributed by atoms with E-state index in [2.05, 4.69) is 19.6 Å². The number of carbonyl (C=O) groups excluding carboxylic acids is 1. The molecule has 0 unspecified atom stereocenters. The van der Waals surface area contributed by atoms with Gasteiger partial charge in [0.1, 0.15) is 6.73 Å². The second kappa shape index (κ2) is 8.12. The highest BCUT2D eigenvalue weighted by Gasteiger charge is 2.18. The van der Waals surface area contributed by atoms with E-state index in [1.807, 2.05) is 22.9 Å². The van der Waals surface area contributed by atoms with Gasteiger partial charge in [-0.3, -0.25) is 4.79 Å². The van der Waals surface area contributed by atoms with Crippen LogP contribution in [0.25, 0.3) is 10.9 Å². The van der Waals surface area contributed by atoms with Crippen molar-refractivity contribution < 1.29 is 19.4 Å². The van der Waals surface area contributed by atoms with Crippen LogP contribution in [0.15, 0.2) is 54.7 Å². The van der Waals surface area contributed by atoms with Crippen molar-refractivity contribution in [2.75, 3.05) is 6.61 Å². The number of ether oxygens (including phenoxy) is 1. The second-order valence-electron chi connectivity index (χ2n) is 8.09. The SMILES string of the molecule is C[Si](C)(C)CCOCn1ccc2cc(C(=O)c3ccccc3C(=O)O)ccc21. The molecular weight excluding hydrogens is 370 g/mol. The molecule has 0 saturated carbocycles. The quantitative estimate of drug-likeness (QED) is 0.335. The summed E-state index contributed by atoms with van der Waals surface area (Å²) in [6.45, 7) is 8.19. The summed E-state index contributed by atoms with van der Waals surface area (Å²) in [5.41, 5.74) is 1.67. The third kappa shape index (κ3) is 4.58. The van der Waals surface area contributed by atoms with E-state index in [9.17, 15) is 14.7 Å². The number of carbonyl (C=O) groups is 2. The second-order valence-corrected chi connectivity index (χ2v) is 13.7. The summed E-state index contributed by atoms with van der Waals surface area (Å²) in [6.07, 6.45) is 1.94. The Hall–Kier alpha value is -2.70. The molecule has 3 aromatic rings. The van der Waals surface area contributed by atoms with Crippen LogP contribution in [0.4, 0.5) is 0 Å². The number of benzene rings is 2. The minimum Gasteiger partial charge on any atom is -0.478 e. The Bertz CT molecular complexity index is 1020. The molecule has 146 valence electrons. The van der Waals surface area contributed by atoms with Gasteiger partial charge in [-0.05, 0) is 36.4 Å². The van der Waals surface area contributed by atoms with Gasteiger partial charge in [-0.2, -0.15) is 0 Å². The molecular formula is C22H25NO4Si. The number of hydrogen-bond acceptors (Lipinski definition) is 3. The lowest BCUT2D eigenvalue weighted by atomic mass is 9.97. The molecule has 0 aliphatic carbocycles. The molecule has 0 fully saturated rings. The molecule has 1 aromatic heterocycles. The molecule has 1 N–H and O–H groups in total. The Morgan fingerprint density at radius 2 is 1.75 bits per heavy atom. The first-order chi connectivity index (χ1) is 13.3. The Labute approximate surface area is 165 Å². The van der Waals surface area contributed by atoms with Crippen LogP contribution < -0.4 is 0 Å². The summed E-state index contributed by atoms with van der Waals surface area (Å²) in [5, 5.41) is 10.2. The first-order valence-electron chi connectivity index (χ1n) is 9.30. The number of carboxylic acid groups (broad SMARTS) is 1. The van der Waals surface area contributed by atoms with Crippen molar-refractivity contribution in [3.8, 4) is 0 Å². The fraction of sp³-hybridized carbons (Fsp3) is 0.273. The molecule has 1 heterocycles. The summed E-state index contributed by atoms with van der Waals surface area (Å²) in [5.74, 6) is -1.40. The lowest BCUT2D eigenvalue weighted by Crippen LogP contribution is -2.21. The van der Waals surface area contributed by atoms with Gasteiger partial charge in [-0.1, -0.05) is 37.8 Å². The average Bonchev–Trinajstić information content (AvgIpc) is 3.06. The van der Waals surface area contributed by atoms with Crippen LogP contribution in [0.1, 0.15) is 26.3 Å². The summed E-state index contributed by atoms with van der Waals surface area (Å²) in [6, 6.07) is 14.8. The molecule has 0 atom stereocenters. The van der Waals surface area contributed by atoms with Gasteiger partial charge < -0.3 is 14.4 Å². The van der Waals surface area contributed by atoms with Crippen molar-refractivity contribution in [1.82, 2.24) is 4.57 Å². The standard InChI is InChI=1S/C22H25NO4Si/c1-28(2,3)13-12-27-15-23-11-10-16-14-17(8-9-20(16)23)21(24)18-6-4-5-7-19(18)22(25)26/h4-11,14H,12-13,15H2,1-3H3,(H,25,26). The zero-order valence-electron chi connectivity index (χ0n) is 16.4. The Kier molecular flexibility index (Phi) is 5.81. The molecule has 2 aromatic carbocycles. The molecule has 0 amide bonds. The maximum Gasteiger partial charge on any atom is 0.336 e. The molecule has 3 rings (SSSR count). The molecule has 0 aliphatic rings. The fourth-order valence-corrected chi connectivity index (χ4v) is 3.78. The van der Waals surface area contributed by atoms with Gasteiger partial charge in [0.25, 0.3) is 0 Å². The monoisotopic (exact) mass is 395 g/mol. The lowest BCUT2D eigenvalue weighted by Gasteiger charge is -2.15. The highest BCUT2D eigenvalue weighted by molar-refractivity contribution is 6.76. The minimum atomic E-state index is -1.11. The van der Waals surface area contributed by atoms with E-state index in [1.165, 1.54) is 6.07 Å². The Morgan fingerprint density at radius 1 is 1.04 bits per heavy atom. The maximum absolute atomic E-state index is 12.8. The van der Waals surface area contributed by atoms with Gasteiger partial charge in [0.2, 0.25) is 0 Å². The van der Waals surface area contributed by atoms with Crippen LogP contribution in [-0.4, -0.2) is 36.1 Å². The lowest BCUT2D eigenvalue weighted by molar-refractivity contribution is 0.0692. The molecule has 0 bridgehead atoms. The summed E-state index contributed by atoms with van der Waals surface area (Å²) < 4.78 is 7.83. The zero-order valence-corrected chi connectivity index (χ0v) is 17.4. The number of hydrogen-bond donors (Lipinski definition) is 1. The summed E-state index contributed by atoms with van der Waals surface area (Å²) >= 11 is 0. The molecule has 5 nitrogen and oxygen atoms in total. The van der Waals surface area contributed by atoms with Crippen LogP contribution in [0, 0.1) is 0 Å². The number of carboxylic acids is 1. The van der Waals surface area contributed by atoms with Gasteiger partial charge in [0.15, 0.2) is 5.78 Å². The van der Waals surface area contributed by atoms with E-state index < -0.39 is 14.0 Å². The summed E-state index contributed by atoms with van der Waals surface area (Å²) in [4.78, 5) is 24.2. The summed E-state index contributed by atoms with van der Waals surface area (Å²) in [7, 11) is -1.11. The van der Waals surface area contributed by atoms with Crippen molar-refractivity contribution >= 4 is 30.7 Å². The molecule has 0 saturated heterocycles. The number of aromatic carboxylic acids is 1. The van der Waals surface area contributed by atoms with Gasteiger partial charge in [-0.15, -0.1) is 0 Å². The number of nitrogens with zero attached hydrogens (tertiary/aromatic N) is 1. The molecule has 0 spiro atoms. The van der Waals surface area contributed by atoms with E-state index in [1.54, 1.807) is 30.3 Å². The van der Waals surface area contributed by atoms with E-state index in [-0.39, 0.29) is 16.9 Å². The Morgan fingerprint density at radius 3 is 2.43 bits per heavy atom. The highest BCUT2D eigenvalue weighted by atomic mass is 28.3. The third-order valence-electron chi connectivity index (χ3n) is 4.66. The average molecular weight is 396 g/mol. The normalized spacial score (nSPS) is 11.7. The first kappa shape index (κ1) is 20.0. The van der Waals surface area contributed by atoms with Crippen molar-refractivity contribution in [3.63, 3.8) is 0 Å². The molecule has 28 heavy (non-hydrogen) atoms. The van der Waals surface area contributed by atoms with Crippen LogP contribution in [0.2, 0.25) is 25.7 Å². The number of fused-ring (bicyclic) bond motifs is 1. The van der Waals surface area contributed by atoms with E-state index in [4.69, 9.17) is 4.74 Å². The zero-order chi connectivity index (χ0) is 20.3. The smallest absolute Gasteiger partial charge is 0.336 e. The largest absolute Gasteiger partial charge is 0.478 e. The third-order valence-corrected chi connectivity index (χ3v) is 6.37. The van der Waals surface area contributed by atoms with Crippen LogP contribution >= 0.6 is 0 Å². The van der Waals surface area contributed by atoms with Gasteiger partial charge >= 0.3 is 5.97 Å². The molecule has 0 radical (unpaired) electrons. The van der Waals surface area contributed by atoms with E-state index in [0.29, 0.717) is 12.3 Å². The number of aromatic nitrogens is 1. The number of ketones is 1. The number of rotatable bonds is 8. The van der Waals surface area contributed by atoms with Crippen LogP contribution in [0.5, 0.6) is 0 Å². The van der Waals surface area contributed by atoms with E-state index in [0.717, 1.165) is 23.6 Å². The first-order valence-corrected chi connectivity index (χ1v) is 13.0. The Balaban J connectivity index is 1.79. The highest BCUT2D eigenvalue weighted by Crippen LogP contribution is 2.21. The topological polar surface area (TPSA) is 68.5 Å². The van der Waals surface area contributed by atoms with Crippen molar-refractivity contribution in [3.05, 3.63) is 71.4 Å². The van der Waals surface area contributed by atoms with Crippen LogP contribution in [-0.2, 0) is 11.5 Å². The van der Waals surface area contributed by atoms with E-state index >= 15 is 0 Å². The molecule has 6 heteroatoms. The molecule has 0 aliphatic heterocycles. The minimum absolute atomic E-state index is 0.0148. The van der Waals surface area contributed by atoms with Gasteiger partial charge in [-0.25, -0.2) is 4.79 Å². The van der Waals surface area contributed by atoms with Crippen LogP contribution in [0.3, 0.4) is 0 Å². The van der Waals surface area contributed by atoms with Crippen molar-refractivity contribution in [1.29, 1.82) is 0 Å². The van der Waals surface area contributed by atoms with Crippen molar-refractivity contribution in [2.24, 2.45) is 0 Å². The van der Waals surface area contributed by atoms with Gasteiger partial charge in [0, 0.05) is 37.4 Å². The maximum atomic E-state index is 12.8. The predicted molar refractivity (Wildman–Crippen MR) is 113 cm³/mol. The van der Waals surface area contributed by atoms with Crippen molar-refractivity contribution in [2.45, 2.75) is 32.4 Å². The fourth-order valence-electron chi connectivity index (χ4n) is 3.02. The van der Waals surface area contributed by atoms with Gasteiger partial charge in [0.05, 0.1) is 11.1 Å².